The van der Waals surface area contributed by atoms with Crippen LogP contribution in [-0.4, -0.2) is 126 Å². The molecule has 6 fully saturated rings. The van der Waals surface area contributed by atoms with Crippen LogP contribution in [-0.2, 0) is 19.1 Å². The van der Waals surface area contributed by atoms with Crippen LogP contribution < -0.4 is 16.4 Å². The van der Waals surface area contributed by atoms with E-state index in [2.05, 4.69) is 25.3 Å². The van der Waals surface area contributed by atoms with Crippen molar-refractivity contribution in [1.82, 2.24) is 25.3 Å². The SMILES string of the molecule is CC(C)(C)OC(=O)NC1CCN(C2C(F)C(N)C3C(=O)C(C(=O)NCCN4CCCC4)=CN4C5CC6CCCCC6CC5OC2C34)C1. The first-order valence-electron chi connectivity index (χ1n) is 18.3. The smallest absolute Gasteiger partial charge is 0.407 e. The highest BCUT2D eigenvalue weighted by Crippen LogP contribution is 2.50. The number of morpholine rings is 1. The maximum atomic E-state index is 16.8. The Bertz CT molecular complexity index is 1240. The molecule has 11 nitrogen and oxygen atoms in total. The van der Waals surface area contributed by atoms with Gasteiger partial charge in [-0.25, -0.2) is 9.18 Å². The molecule has 3 aliphatic carbocycles. The van der Waals surface area contributed by atoms with E-state index < -0.39 is 48.0 Å². The number of likely N-dealkylation sites (tertiary alicyclic amines) is 2. The molecular formula is C35H55FN6O5. The number of carbonyl (C=O) groups excluding carboxylic acids is 3. The largest absolute Gasteiger partial charge is 0.444 e. The predicted octanol–water partition coefficient (Wildman–Crippen LogP) is 2.33. The summed E-state index contributed by atoms with van der Waals surface area (Å²) >= 11 is 0. The molecule has 7 rings (SSSR count). The van der Waals surface area contributed by atoms with Gasteiger partial charge in [0.25, 0.3) is 5.91 Å². The van der Waals surface area contributed by atoms with E-state index >= 15 is 4.39 Å². The van der Waals surface area contributed by atoms with Crippen LogP contribution in [0.2, 0.25) is 0 Å². The molecule has 262 valence electrons. The van der Waals surface area contributed by atoms with Crippen molar-refractivity contribution in [2.24, 2.45) is 23.5 Å². The molecule has 11 atom stereocenters. The molecule has 4 aliphatic heterocycles. The van der Waals surface area contributed by atoms with Gasteiger partial charge in [-0.1, -0.05) is 25.7 Å². The standard InChI is InChI=1S/C35H55FN6O5/c1-35(2,3)47-34(45)39-22-10-14-41(18-22)30-27(36)28(37)26-29-32(30)46-25-17-21-9-5-4-8-20(21)16-24(25)42(29)19-23(31(26)43)33(44)38-11-15-40-12-6-7-13-40/h19-22,24-30,32H,4-18,37H2,1-3H3,(H,38,44)(H,39,45). The number of alkyl halides is 1. The van der Waals surface area contributed by atoms with Crippen LogP contribution in [0.1, 0.15) is 78.6 Å². The number of carbonyl (C=O) groups is 3. The number of amides is 2. The minimum Gasteiger partial charge on any atom is -0.444 e. The highest BCUT2D eigenvalue weighted by atomic mass is 19.1. The summed E-state index contributed by atoms with van der Waals surface area (Å²) in [6, 6.07) is -2.37. The number of hydrogen-bond donors (Lipinski definition) is 3. The molecule has 0 aromatic carbocycles. The molecule has 47 heavy (non-hydrogen) atoms. The Balaban J connectivity index is 1.15. The van der Waals surface area contributed by atoms with Crippen LogP contribution >= 0.6 is 0 Å². The van der Waals surface area contributed by atoms with Gasteiger partial charge in [0.05, 0.1) is 41.8 Å². The van der Waals surface area contributed by atoms with E-state index in [1.807, 2.05) is 20.8 Å². The van der Waals surface area contributed by atoms with Crippen molar-refractivity contribution >= 4 is 17.8 Å². The van der Waals surface area contributed by atoms with Gasteiger partial charge in [0, 0.05) is 44.5 Å². The lowest BCUT2D eigenvalue weighted by molar-refractivity contribution is -0.222. The van der Waals surface area contributed by atoms with Gasteiger partial charge in [-0.15, -0.1) is 0 Å². The average molecular weight is 659 g/mol. The Morgan fingerprint density at radius 2 is 1.77 bits per heavy atom. The van der Waals surface area contributed by atoms with E-state index in [4.69, 9.17) is 15.2 Å². The van der Waals surface area contributed by atoms with Crippen molar-refractivity contribution in [2.75, 3.05) is 39.3 Å². The fraction of sp³-hybridized carbons (Fsp3) is 0.857. The summed E-state index contributed by atoms with van der Waals surface area (Å²) < 4.78 is 29.2. The van der Waals surface area contributed by atoms with Crippen LogP contribution in [0.5, 0.6) is 0 Å². The Kier molecular flexibility index (Phi) is 9.34. The van der Waals surface area contributed by atoms with Crippen LogP contribution in [0, 0.1) is 17.8 Å². The van der Waals surface area contributed by atoms with Crippen LogP contribution in [0.4, 0.5) is 9.18 Å². The van der Waals surface area contributed by atoms with Crippen molar-refractivity contribution < 1.29 is 28.2 Å². The van der Waals surface area contributed by atoms with E-state index in [1.165, 1.54) is 38.5 Å². The van der Waals surface area contributed by atoms with Crippen molar-refractivity contribution in [3.63, 3.8) is 0 Å². The number of hydrogen-bond acceptors (Lipinski definition) is 9. The topological polar surface area (TPSA) is 129 Å². The summed E-state index contributed by atoms with van der Waals surface area (Å²) in [5.41, 5.74) is 6.21. The minimum absolute atomic E-state index is 0.0165. The highest BCUT2D eigenvalue weighted by Gasteiger charge is 2.63. The third-order valence-electron chi connectivity index (χ3n) is 12.1. The van der Waals surface area contributed by atoms with Crippen molar-refractivity contribution in [2.45, 2.75) is 133 Å². The lowest BCUT2D eigenvalue weighted by Gasteiger charge is -2.62. The molecule has 4 N–H and O–H groups in total. The normalized spacial score (nSPS) is 40.6. The lowest BCUT2D eigenvalue weighted by Crippen LogP contribution is -2.78. The Morgan fingerprint density at radius 3 is 2.49 bits per heavy atom. The fourth-order valence-electron chi connectivity index (χ4n) is 10.0. The molecule has 11 unspecified atom stereocenters. The molecule has 0 aromatic heterocycles. The van der Waals surface area contributed by atoms with E-state index in [0.29, 0.717) is 37.9 Å². The first kappa shape index (κ1) is 33.2. The van der Waals surface area contributed by atoms with Crippen molar-refractivity contribution in [3.8, 4) is 0 Å². The molecule has 2 amide bonds. The third kappa shape index (κ3) is 6.56. The van der Waals surface area contributed by atoms with Gasteiger partial charge in [0.15, 0.2) is 5.78 Å². The van der Waals surface area contributed by atoms with E-state index in [9.17, 15) is 14.4 Å². The molecule has 4 heterocycles. The molecule has 0 aromatic rings. The third-order valence-corrected chi connectivity index (χ3v) is 12.1. The number of halogens is 1. The first-order valence-corrected chi connectivity index (χ1v) is 18.3. The van der Waals surface area contributed by atoms with Crippen molar-refractivity contribution in [1.29, 1.82) is 0 Å². The summed E-state index contributed by atoms with van der Waals surface area (Å²) in [6.07, 6.45) is 8.79. The van der Waals surface area contributed by atoms with Crippen molar-refractivity contribution in [3.05, 3.63) is 11.8 Å². The lowest BCUT2D eigenvalue weighted by atomic mass is 9.64. The average Bonchev–Trinajstić information content (AvgIpc) is 3.71. The van der Waals surface area contributed by atoms with Crippen LogP contribution in [0.25, 0.3) is 0 Å². The number of Topliss-reactive ketones (excluding diaryl/α,β-unsaturated/α-hetero) is 1. The molecule has 3 saturated carbocycles. The molecule has 7 aliphatic rings. The van der Waals surface area contributed by atoms with Crippen LogP contribution in [0.15, 0.2) is 11.8 Å². The molecule has 0 bridgehead atoms. The van der Waals surface area contributed by atoms with Gasteiger partial charge < -0.3 is 35.6 Å². The van der Waals surface area contributed by atoms with Crippen LogP contribution in [0.3, 0.4) is 0 Å². The number of alkyl carbamates (subject to hydrolysis) is 1. The summed E-state index contributed by atoms with van der Waals surface area (Å²) in [5, 5.41) is 5.95. The fourth-order valence-corrected chi connectivity index (χ4v) is 10.0. The Hall–Kier alpha value is -2.28. The second-order valence-corrected chi connectivity index (χ2v) is 16.3. The summed E-state index contributed by atoms with van der Waals surface area (Å²) in [5.74, 6) is -0.464. The summed E-state index contributed by atoms with van der Waals surface area (Å²) in [4.78, 5) is 46.9. The van der Waals surface area contributed by atoms with Gasteiger partial charge in [0.1, 0.15) is 11.8 Å². The summed E-state index contributed by atoms with van der Waals surface area (Å²) in [7, 11) is 0. The quantitative estimate of drug-likeness (QED) is 0.369. The number of ketones is 1. The number of rotatable bonds is 6. The van der Waals surface area contributed by atoms with E-state index in [-0.39, 0.29) is 35.5 Å². The Morgan fingerprint density at radius 1 is 1.04 bits per heavy atom. The zero-order chi connectivity index (χ0) is 33.0. The van der Waals surface area contributed by atoms with Gasteiger partial charge in [-0.3, -0.25) is 14.5 Å². The maximum absolute atomic E-state index is 16.8. The second-order valence-electron chi connectivity index (χ2n) is 16.3. The van der Waals surface area contributed by atoms with E-state index in [0.717, 1.165) is 32.5 Å². The highest BCUT2D eigenvalue weighted by molar-refractivity contribution is 6.21. The molecule has 0 spiro atoms. The van der Waals surface area contributed by atoms with Gasteiger partial charge in [-0.2, -0.15) is 0 Å². The molecule has 12 heteroatoms. The number of fused-ring (bicyclic) bond motifs is 3. The Labute approximate surface area is 278 Å². The van der Waals surface area contributed by atoms with Gasteiger partial charge >= 0.3 is 6.09 Å². The maximum Gasteiger partial charge on any atom is 0.407 e. The summed E-state index contributed by atoms with van der Waals surface area (Å²) in [6.45, 7) is 9.77. The molecule has 0 radical (unpaired) electrons. The number of nitrogens with two attached hydrogens (primary N) is 1. The zero-order valence-electron chi connectivity index (χ0n) is 28.4. The number of nitrogens with one attached hydrogen (secondary N) is 2. The predicted molar refractivity (Wildman–Crippen MR) is 174 cm³/mol. The molecular weight excluding hydrogens is 603 g/mol. The monoisotopic (exact) mass is 658 g/mol. The van der Waals surface area contributed by atoms with E-state index in [1.54, 1.807) is 6.20 Å². The minimum atomic E-state index is -1.53. The van der Waals surface area contributed by atoms with Gasteiger partial charge in [-0.05, 0) is 77.8 Å². The number of ether oxygens (including phenoxy) is 2. The molecule has 3 saturated heterocycles. The van der Waals surface area contributed by atoms with Gasteiger partial charge in [0.2, 0.25) is 0 Å². The number of nitrogens with zero attached hydrogens (tertiary/aromatic N) is 3. The first-order chi connectivity index (χ1) is 22.5. The zero-order valence-corrected chi connectivity index (χ0v) is 28.4. The second kappa shape index (κ2) is 13.2.